The fourth-order valence-electron chi connectivity index (χ4n) is 9.12. The number of hydrogen-bond acceptors (Lipinski definition) is 11. The molecule has 51 heavy (non-hydrogen) atoms. The van der Waals surface area contributed by atoms with Crippen molar-refractivity contribution in [3.8, 4) is 5.75 Å². The molecule has 4 aliphatic carbocycles. The van der Waals surface area contributed by atoms with E-state index in [1.165, 1.54) is 18.2 Å². The first-order chi connectivity index (χ1) is 23.9. The number of aliphatic hydroxyl groups is 2. The highest BCUT2D eigenvalue weighted by atomic mass is 16.6. The van der Waals surface area contributed by atoms with Crippen molar-refractivity contribution in [2.45, 2.75) is 90.4 Å². The lowest BCUT2D eigenvalue weighted by Gasteiger charge is -2.58. The van der Waals surface area contributed by atoms with Crippen LogP contribution in [0.1, 0.15) is 82.6 Å². The summed E-state index contributed by atoms with van der Waals surface area (Å²) in [5.41, 5.74) is -1.83. The molecule has 0 heterocycles. The molecule has 7 atom stereocenters. The van der Waals surface area contributed by atoms with Gasteiger partial charge in [-0.15, -0.1) is 0 Å². The molecule has 0 saturated heterocycles. The van der Waals surface area contributed by atoms with Crippen molar-refractivity contribution in [3.05, 3.63) is 77.4 Å². The van der Waals surface area contributed by atoms with Crippen LogP contribution in [-0.2, 0) is 30.3 Å². The molecule has 0 bridgehead atoms. The van der Waals surface area contributed by atoms with Crippen LogP contribution in [0.4, 0.5) is 11.4 Å². The van der Waals surface area contributed by atoms with E-state index in [1.54, 1.807) is 51.1 Å². The number of fused-ring (bicyclic) bond motifs is 5. The molecule has 2 fully saturated rings. The van der Waals surface area contributed by atoms with Crippen LogP contribution in [0.25, 0.3) is 0 Å². The van der Waals surface area contributed by atoms with Gasteiger partial charge in [-0.05, 0) is 94.2 Å². The number of ketones is 2. The number of ether oxygens (including phenoxy) is 2. The van der Waals surface area contributed by atoms with Gasteiger partial charge in [-0.3, -0.25) is 14.4 Å². The van der Waals surface area contributed by atoms with Gasteiger partial charge in [-0.1, -0.05) is 49.8 Å². The van der Waals surface area contributed by atoms with Crippen molar-refractivity contribution in [1.82, 2.24) is 0 Å². The van der Waals surface area contributed by atoms with Gasteiger partial charge in [0.1, 0.15) is 22.5 Å². The second-order valence-corrected chi connectivity index (χ2v) is 15.9. The number of aromatic hydroxyl groups is 1. The Morgan fingerprint density at radius 2 is 1.80 bits per heavy atom. The third-order valence-corrected chi connectivity index (χ3v) is 11.6. The Balaban J connectivity index is 1.11. The minimum Gasteiger partial charge on any atom is -0.507 e. The highest BCUT2D eigenvalue weighted by Crippen LogP contribution is 2.66. The number of nitrogens with zero attached hydrogens (tertiary/aromatic N) is 2. The Bertz CT molecular complexity index is 1860. The van der Waals surface area contributed by atoms with E-state index in [0.29, 0.717) is 30.5 Å². The summed E-state index contributed by atoms with van der Waals surface area (Å²) in [6.07, 6.45) is 6.69. The number of rotatable bonds is 8. The predicted molar refractivity (Wildman–Crippen MR) is 187 cm³/mol. The van der Waals surface area contributed by atoms with Crippen LogP contribution in [0.5, 0.6) is 5.75 Å². The second kappa shape index (κ2) is 13.2. The van der Waals surface area contributed by atoms with Gasteiger partial charge in [0.2, 0.25) is 5.78 Å². The maximum atomic E-state index is 13.7. The number of hydrogen-bond donors (Lipinski definition) is 3. The molecular weight excluding hydrogens is 652 g/mol. The SMILES string of the molecule is CC(C)(C)OC(=O)c1cc(N=Nc2ccccc2CC(=O)OCC(=O)C2(O)CCC3C4CC=C5CC(=O)C=CC5(C)C4C(O)CC32C)ccc1O. The minimum absolute atomic E-state index is 0.0193. The van der Waals surface area contributed by atoms with E-state index in [4.69, 9.17) is 9.47 Å². The second-order valence-electron chi connectivity index (χ2n) is 15.9. The first-order valence-electron chi connectivity index (χ1n) is 17.5. The van der Waals surface area contributed by atoms with Crippen LogP contribution in [0, 0.1) is 28.6 Å². The van der Waals surface area contributed by atoms with Crippen LogP contribution < -0.4 is 0 Å². The molecule has 7 unspecified atom stereocenters. The monoisotopic (exact) mass is 698 g/mol. The Labute approximate surface area is 297 Å². The van der Waals surface area contributed by atoms with E-state index in [-0.39, 0.29) is 59.8 Å². The van der Waals surface area contributed by atoms with E-state index >= 15 is 0 Å². The number of esters is 2. The summed E-state index contributed by atoms with van der Waals surface area (Å²) in [5, 5.41) is 42.3. The molecule has 3 N–H and O–H groups in total. The maximum Gasteiger partial charge on any atom is 0.342 e. The molecule has 11 nitrogen and oxygen atoms in total. The van der Waals surface area contributed by atoms with Gasteiger partial charge in [0.05, 0.1) is 23.9 Å². The zero-order valence-electron chi connectivity index (χ0n) is 29.7. The highest BCUT2D eigenvalue weighted by molar-refractivity contribution is 5.94. The number of carbonyl (C=O) groups excluding carboxylic acids is 4. The molecule has 0 aliphatic heterocycles. The Kier molecular flexibility index (Phi) is 9.43. The molecule has 0 amide bonds. The minimum atomic E-state index is -1.78. The average molecular weight is 699 g/mol. The number of allylic oxidation sites excluding steroid dienone is 4. The molecule has 4 aliphatic rings. The quantitative estimate of drug-likeness (QED) is 0.160. The summed E-state index contributed by atoms with van der Waals surface area (Å²) >= 11 is 0. The summed E-state index contributed by atoms with van der Waals surface area (Å²) in [6.45, 7) is 8.49. The molecule has 270 valence electrons. The van der Waals surface area contributed by atoms with Gasteiger partial charge in [0, 0.05) is 23.2 Å². The molecule has 2 aromatic carbocycles. The Morgan fingerprint density at radius 1 is 1.06 bits per heavy atom. The number of carbonyl (C=O) groups is 4. The van der Waals surface area contributed by atoms with Crippen molar-refractivity contribution >= 4 is 34.9 Å². The van der Waals surface area contributed by atoms with Gasteiger partial charge in [0.15, 0.2) is 12.4 Å². The van der Waals surface area contributed by atoms with E-state index < -0.39 is 52.5 Å². The molecular formula is C40H46N2O9. The third-order valence-electron chi connectivity index (χ3n) is 11.6. The van der Waals surface area contributed by atoms with Crippen LogP contribution in [-0.4, -0.2) is 62.7 Å². The van der Waals surface area contributed by atoms with Gasteiger partial charge in [-0.2, -0.15) is 10.2 Å². The van der Waals surface area contributed by atoms with Gasteiger partial charge in [0.25, 0.3) is 0 Å². The van der Waals surface area contributed by atoms with Crippen LogP contribution in [0.3, 0.4) is 0 Å². The summed E-state index contributed by atoms with van der Waals surface area (Å²) in [6, 6.07) is 10.9. The van der Waals surface area contributed by atoms with Crippen molar-refractivity contribution in [1.29, 1.82) is 0 Å². The number of phenols is 1. The first-order valence-corrected chi connectivity index (χ1v) is 17.5. The van der Waals surface area contributed by atoms with Crippen molar-refractivity contribution in [2.75, 3.05) is 6.61 Å². The summed E-state index contributed by atoms with van der Waals surface area (Å²) in [7, 11) is 0. The molecule has 0 radical (unpaired) electrons. The standard InChI is InChI=1S/C40H46N2O9/c1-37(2,3)51-36(48)28-20-25(11-13-31(28)44)41-42-30-9-7-6-8-23(30)18-34(47)50-22-33(46)40(49)17-15-29-27-12-10-24-19-26(43)14-16-38(24,4)35(27)32(45)21-39(29,40)5/h6-11,13-14,16,20,27,29,32,35,44-45,49H,12,15,17-19,21-22H2,1-5H3. The van der Waals surface area contributed by atoms with Gasteiger partial charge in [-0.25, -0.2) is 4.79 Å². The van der Waals surface area contributed by atoms with Crippen LogP contribution in [0.2, 0.25) is 0 Å². The number of phenolic OH excluding ortho intramolecular Hbond substituents is 1. The topological polar surface area (TPSA) is 172 Å². The summed E-state index contributed by atoms with van der Waals surface area (Å²) < 4.78 is 10.8. The fourth-order valence-corrected chi connectivity index (χ4v) is 9.12. The van der Waals surface area contributed by atoms with E-state index in [2.05, 4.69) is 23.2 Å². The molecule has 11 heteroatoms. The molecule has 0 aromatic heterocycles. The molecule has 2 saturated carbocycles. The fraction of sp³-hybridized carbons (Fsp3) is 0.500. The summed E-state index contributed by atoms with van der Waals surface area (Å²) in [4.78, 5) is 51.5. The van der Waals surface area contributed by atoms with E-state index in [0.717, 1.165) is 5.57 Å². The van der Waals surface area contributed by atoms with Crippen molar-refractivity contribution in [3.63, 3.8) is 0 Å². The van der Waals surface area contributed by atoms with E-state index in [9.17, 15) is 34.5 Å². The number of benzene rings is 2. The number of azo groups is 1. The third kappa shape index (κ3) is 6.69. The lowest BCUT2D eigenvalue weighted by molar-refractivity contribution is -0.179. The summed E-state index contributed by atoms with van der Waals surface area (Å²) in [5.74, 6) is -2.34. The largest absolute Gasteiger partial charge is 0.507 e. The zero-order valence-corrected chi connectivity index (χ0v) is 29.7. The van der Waals surface area contributed by atoms with E-state index in [1.807, 2.05) is 13.0 Å². The van der Waals surface area contributed by atoms with Crippen molar-refractivity contribution < 1.29 is 44.0 Å². The first kappa shape index (κ1) is 36.3. The molecule has 2 aromatic rings. The Hall–Kier alpha value is -4.48. The number of aliphatic hydroxyl groups excluding tert-OH is 1. The zero-order chi connectivity index (χ0) is 36.9. The Morgan fingerprint density at radius 3 is 2.55 bits per heavy atom. The smallest absolute Gasteiger partial charge is 0.342 e. The normalized spacial score (nSPS) is 31.4. The van der Waals surface area contributed by atoms with Crippen LogP contribution in [0.15, 0.2) is 76.5 Å². The predicted octanol–water partition coefficient (Wildman–Crippen LogP) is 6.43. The van der Waals surface area contributed by atoms with Crippen molar-refractivity contribution in [2.24, 2.45) is 38.8 Å². The maximum absolute atomic E-state index is 13.7. The lowest BCUT2D eigenvalue weighted by atomic mass is 9.47. The van der Waals surface area contributed by atoms with Gasteiger partial charge < -0.3 is 24.8 Å². The van der Waals surface area contributed by atoms with Crippen LogP contribution >= 0.6 is 0 Å². The highest BCUT2D eigenvalue weighted by Gasteiger charge is 2.68. The number of Topliss-reactive ketones (excluding diaryl/α,β-unsaturated/α-hetero) is 1. The average Bonchev–Trinajstić information content (AvgIpc) is 3.33. The lowest BCUT2D eigenvalue weighted by Crippen LogP contribution is -2.61. The molecule has 0 spiro atoms. The van der Waals surface area contributed by atoms with Gasteiger partial charge >= 0.3 is 11.9 Å². The molecule has 6 rings (SSSR count).